The molecule has 0 bridgehead atoms. The van der Waals surface area contributed by atoms with E-state index in [1.54, 1.807) is 32.2 Å². The van der Waals surface area contributed by atoms with E-state index in [1.165, 1.54) is 22.3 Å². The van der Waals surface area contributed by atoms with Crippen LogP contribution in [0.3, 0.4) is 0 Å². The minimum absolute atomic E-state index is 0.121. The van der Waals surface area contributed by atoms with Gasteiger partial charge in [-0.2, -0.15) is 0 Å². The topological polar surface area (TPSA) is 51.9 Å². The van der Waals surface area contributed by atoms with Gasteiger partial charge in [0.25, 0.3) is 5.91 Å². The lowest BCUT2D eigenvalue weighted by atomic mass is 9.97. The quantitative estimate of drug-likeness (QED) is 0.506. The van der Waals surface area contributed by atoms with Crippen molar-refractivity contribution in [2.24, 2.45) is 0 Å². The van der Waals surface area contributed by atoms with Gasteiger partial charge in [0.2, 0.25) is 0 Å². The van der Waals surface area contributed by atoms with Crippen LogP contribution in [0.2, 0.25) is 0 Å². The van der Waals surface area contributed by atoms with Gasteiger partial charge in [-0.3, -0.25) is 4.79 Å². The average molecular weight is 422 g/mol. The molecule has 0 atom stereocenters. The fourth-order valence-corrected chi connectivity index (χ4v) is 3.87. The van der Waals surface area contributed by atoms with Gasteiger partial charge >= 0.3 is 0 Å². The van der Waals surface area contributed by atoms with Gasteiger partial charge in [-0.15, -0.1) is 0 Å². The third-order valence-corrected chi connectivity index (χ3v) is 5.59. The number of methoxy groups -OCH3 is 2. The molecule has 0 aliphatic carbocycles. The molecule has 5 heteroatoms. The van der Waals surface area contributed by atoms with Crippen molar-refractivity contribution in [2.75, 3.05) is 27.8 Å². The van der Waals surface area contributed by atoms with Crippen LogP contribution in [-0.4, -0.2) is 38.6 Å². The molecule has 1 aromatic heterocycles. The Morgan fingerprint density at radius 3 is 2.26 bits per heavy atom. The molecule has 1 heterocycles. The van der Waals surface area contributed by atoms with Crippen LogP contribution < -0.4 is 9.47 Å². The summed E-state index contributed by atoms with van der Waals surface area (Å²) in [5.74, 6) is 2.42. The Hall–Kier alpha value is -3.21. The third kappa shape index (κ3) is 5.29. The monoisotopic (exact) mass is 421 g/mol. The molecule has 0 N–H and O–H groups in total. The van der Waals surface area contributed by atoms with Gasteiger partial charge in [0, 0.05) is 20.0 Å². The van der Waals surface area contributed by atoms with Crippen molar-refractivity contribution < 1.29 is 18.7 Å². The number of ether oxygens (including phenoxy) is 2. The predicted molar refractivity (Wildman–Crippen MR) is 122 cm³/mol. The van der Waals surface area contributed by atoms with Gasteiger partial charge in [0.05, 0.1) is 14.2 Å². The number of carbonyl (C=O) groups excluding carboxylic acids is 1. The number of carbonyl (C=O) groups is 1. The van der Waals surface area contributed by atoms with Gasteiger partial charge in [-0.1, -0.05) is 23.8 Å². The van der Waals surface area contributed by atoms with E-state index in [1.807, 2.05) is 24.3 Å². The zero-order valence-corrected chi connectivity index (χ0v) is 19.2. The Bertz CT molecular complexity index is 1040. The number of hydrogen-bond donors (Lipinski definition) is 0. The summed E-state index contributed by atoms with van der Waals surface area (Å²) in [4.78, 5) is 14.5. The second-order valence-corrected chi connectivity index (χ2v) is 7.99. The maximum atomic E-state index is 12.8. The zero-order chi connectivity index (χ0) is 22.5. The molecular weight excluding hydrogens is 390 g/mol. The summed E-state index contributed by atoms with van der Waals surface area (Å²) in [6, 6.07) is 13.8. The second kappa shape index (κ2) is 9.73. The first-order chi connectivity index (χ1) is 14.8. The summed E-state index contributed by atoms with van der Waals surface area (Å²) in [5, 5.41) is 0. The van der Waals surface area contributed by atoms with Crippen molar-refractivity contribution in [3.8, 4) is 11.5 Å². The van der Waals surface area contributed by atoms with Crippen molar-refractivity contribution in [1.82, 2.24) is 4.90 Å². The second-order valence-electron chi connectivity index (χ2n) is 7.99. The van der Waals surface area contributed by atoms with E-state index in [0.717, 1.165) is 11.3 Å². The zero-order valence-electron chi connectivity index (χ0n) is 19.2. The van der Waals surface area contributed by atoms with Crippen LogP contribution >= 0.6 is 0 Å². The largest absolute Gasteiger partial charge is 0.493 e. The summed E-state index contributed by atoms with van der Waals surface area (Å²) in [7, 11) is 5.02. The molecule has 1 amide bonds. The van der Waals surface area contributed by atoms with Crippen molar-refractivity contribution >= 4 is 5.91 Å². The lowest BCUT2D eigenvalue weighted by molar-refractivity contribution is 0.0763. The van der Waals surface area contributed by atoms with E-state index in [-0.39, 0.29) is 5.91 Å². The summed E-state index contributed by atoms with van der Waals surface area (Å²) in [6.45, 7) is 6.91. The molecule has 3 rings (SSSR count). The van der Waals surface area contributed by atoms with Gasteiger partial charge in [0.1, 0.15) is 5.76 Å². The van der Waals surface area contributed by atoms with Gasteiger partial charge in [0.15, 0.2) is 17.3 Å². The van der Waals surface area contributed by atoms with E-state index >= 15 is 0 Å². The normalized spacial score (nSPS) is 10.8. The summed E-state index contributed by atoms with van der Waals surface area (Å²) in [5.41, 5.74) is 6.07. The van der Waals surface area contributed by atoms with Crippen molar-refractivity contribution in [3.63, 3.8) is 0 Å². The Kier molecular flexibility index (Phi) is 7.06. The maximum Gasteiger partial charge on any atom is 0.289 e. The molecule has 3 aromatic rings. The van der Waals surface area contributed by atoms with Gasteiger partial charge in [-0.05, 0) is 73.7 Å². The first kappa shape index (κ1) is 22.5. The Labute approximate surface area is 184 Å². The van der Waals surface area contributed by atoms with Crippen LogP contribution in [0.5, 0.6) is 11.5 Å². The highest BCUT2D eigenvalue weighted by atomic mass is 16.5. The maximum absolute atomic E-state index is 12.8. The van der Waals surface area contributed by atoms with Crippen molar-refractivity contribution in [3.05, 3.63) is 81.8 Å². The smallest absolute Gasteiger partial charge is 0.289 e. The molecule has 0 fully saturated rings. The number of benzene rings is 2. The number of hydrogen-bond acceptors (Lipinski definition) is 4. The predicted octanol–water partition coefficient (Wildman–Crippen LogP) is 5.13. The van der Waals surface area contributed by atoms with E-state index in [0.29, 0.717) is 36.6 Å². The lowest BCUT2D eigenvalue weighted by Gasteiger charge is -2.16. The molecule has 31 heavy (non-hydrogen) atoms. The number of amides is 1. The Morgan fingerprint density at radius 2 is 1.61 bits per heavy atom. The fourth-order valence-electron chi connectivity index (χ4n) is 3.87. The van der Waals surface area contributed by atoms with E-state index in [4.69, 9.17) is 13.9 Å². The molecule has 0 aliphatic rings. The Morgan fingerprint density at radius 1 is 0.935 bits per heavy atom. The SMILES string of the molecule is COc1ccc(CCN(C)C(=O)c2ccc(Cc3c(C)cc(C)cc3C)o2)cc1OC. The molecule has 0 unspecified atom stereocenters. The molecule has 2 aromatic carbocycles. The van der Waals surface area contributed by atoms with E-state index < -0.39 is 0 Å². The molecule has 0 saturated carbocycles. The van der Waals surface area contributed by atoms with E-state index in [2.05, 4.69) is 32.9 Å². The highest BCUT2D eigenvalue weighted by Crippen LogP contribution is 2.28. The third-order valence-electron chi connectivity index (χ3n) is 5.59. The first-order valence-electron chi connectivity index (χ1n) is 10.4. The number of likely N-dealkylation sites (N-methyl/N-ethyl adjacent to an activating group) is 1. The van der Waals surface area contributed by atoms with Crippen LogP contribution in [0.1, 0.15) is 44.1 Å². The molecule has 0 aliphatic heterocycles. The average Bonchev–Trinajstić information content (AvgIpc) is 3.22. The standard InChI is InChI=1S/C26H31NO4/c1-17-13-18(2)22(19(3)14-17)16-21-8-10-24(31-21)26(28)27(4)12-11-20-7-9-23(29-5)25(15-20)30-6/h7-10,13-15H,11-12,16H2,1-6H3. The first-order valence-corrected chi connectivity index (χ1v) is 10.4. The number of furan rings is 1. The highest BCUT2D eigenvalue weighted by Gasteiger charge is 2.17. The minimum atomic E-state index is -0.121. The lowest BCUT2D eigenvalue weighted by Crippen LogP contribution is -2.28. The summed E-state index contributed by atoms with van der Waals surface area (Å²) >= 11 is 0. The van der Waals surface area contributed by atoms with E-state index in [9.17, 15) is 4.79 Å². The van der Waals surface area contributed by atoms with Crippen LogP contribution in [0.4, 0.5) is 0 Å². The molecule has 0 saturated heterocycles. The van der Waals surface area contributed by atoms with Crippen molar-refractivity contribution in [2.45, 2.75) is 33.6 Å². The minimum Gasteiger partial charge on any atom is -0.493 e. The van der Waals surface area contributed by atoms with Crippen LogP contribution in [0.15, 0.2) is 46.9 Å². The van der Waals surface area contributed by atoms with Gasteiger partial charge < -0.3 is 18.8 Å². The number of rotatable bonds is 8. The summed E-state index contributed by atoms with van der Waals surface area (Å²) < 4.78 is 16.5. The molecule has 5 nitrogen and oxygen atoms in total. The molecule has 164 valence electrons. The van der Waals surface area contributed by atoms with Crippen LogP contribution in [0.25, 0.3) is 0 Å². The van der Waals surface area contributed by atoms with Gasteiger partial charge in [-0.25, -0.2) is 0 Å². The fraction of sp³-hybridized carbons (Fsp3) is 0.346. The van der Waals surface area contributed by atoms with Crippen LogP contribution in [0, 0.1) is 20.8 Å². The number of aryl methyl sites for hydroxylation is 3. The highest BCUT2D eigenvalue weighted by molar-refractivity contribution is 5.91. The molecule has 0 radical (unpaired) electrons. The number of nitrogens with zero attached hydrogens (tertiary/aromatic N) is 1. The molecular formula is C26H31NO4. The van der Waals surface area contributed by atoms with Crippen molar-refractivity contribution in [1.29, 1.82) is 0 Å². The summed E-state index contributed by atoms with van der Waals surface area (Å²) in [6.07, 6.45) is 1.39. The molecule has 0 spiro atoms. The van der Waals surface area contributed by atoms with Crippen LogP contribution in [-0.2, 0) is 12.8 Å². The Balaban J connectivity index is 1.64.